The van der Waals surface area contributed by atoms with Crippen molar-refractivity contribution in [2.24, 2.45) is 0 Å². The Labute approximate surface area is 135 Å². The molecule has 0 saturated carbocycles. The lowest BCUT2D eigenvalue weighted by molar-refractivity contribution is -0.140. The summed E-state index contributed by atoms with van der Waals surface area (Å²) in [7, 11) is 1.40. The van der Waals surface area contributed by atoms with Crippen molar-refractivity contribution in [2.75, 3.05) is 7.11 Å². The molecular weight excluding hydrogens is 320 g/mol. The highest BCUT2D eigenvalue weighted by Crippen LogP contribution is 2.27. The van der Waals surface area contributed by atoms with Crippen LogP contribution in [0.4, 0.5) is 0 Å². The van der Waals surface area contributed by atoms with E-state index in [2.05, 4.69) is 15.3 Å². The van der Waals surface area contributed by atoms with E-state index in [0.717, 1.165) is 9.90 Å². The molecule has 0 radical (unpaired) electrons. The van der Waals surface area contributed by atoms with Crippen molar-refractivity contribution in [1.82, 2.24) is 19.8 Å². The molecule has 0 spiro atoms. The van der Waals surface area contributed by atoms with E-state index in [0.29, 0.717) is 17.9 Å². The topological polar surface area (TPSA) is 69.4 Å². The van der Waals surface area contributed by atoms with E-state index in [1.165, 1.54) is 18.9 Å². The third-order valence-electron chi connectivity index (χ3n) is 3.08. The quantitative estimate of drug-likeness (QED) is 0.528. The zero-order chi connectivity index (χ0) is 15.5. The lowest BCUT2D eigenvalue weighted by Crippen LogP contribution is -2.18. The number of methoxy groups -OCH3 is 1. The zero-order valence-electron chi connectivity index (χ0n) is 12.1. The van der Waals surface area contributed by atoms with Gasteiger partial charge in [-0.2, -0.15) is 9.61 Å². The minimum Gasteiger partial charge on any atom is -0.468 e. The molecule has 8 heteroatoms. The van der Waals surface area contributed by atoms with Crippen molar-refractivity contribution in [3.63, 3.8) is 0 Å². The summed E-state index contributed by atoms with van der Waals surface area (Å²) in [6, 6.07) is 7.64. The number of esters is 1. The number of nitrogens with zero attached hydrogens (tertiary/aromatic N) is 4. The van der Waals surface area contributed by atoms with Gasteiger partial charge in [0.05, 0.1) is 12.0 Å². The first kappa shape index (κ1) is 15.0. The van der Waals surface area contributed by atoms with Crippen LogP contribution in [0.15, 0.2) is 34.7 Å². The molecule has 0 N–H and O–H groups in total. The molecule has 3 aromatic rings. The van der Waals surface area contributed by atoms with Crippen molar-refractivity contribution < 1.29 is 9.53 Å². The monoisotopic (exact) mass is 334 g/mol. The molecule has 0 bridgehead atoms. The van der Waals surface area contributed by atoms with E-state index in [1.54, 1.807) is 15.9 Å². The molecule has 3 heterocycles. The predicted octanol–water partition coefficient (Wildman–Crippen LogP) is 2.90. The molecule has 0 aliphatic heterocycles. The van der Waals surface area contributed by atoms with Crippen LogP contribution in [0.1, 0.15) is 13.3 Å². The molecule has 0 amide bonds. The van der Waals surface area contributed by atoms with Gasteiger partial charge in [0.1, 0.15) is 10.3 Å². The second kappa shape index (κ2) is 6.45. The van der Waals surface area contributed by atoms with Crippen LogP contribution in [0.2, 0.25) is 0 Å². The Kier molecular flexibility index (Phi) is 4.39. The highest BCUT2D eigenvalue weighted by atomic mass is 32.2. The fraction of sp³-hybridized carbons (Fsp3) is 0.286. The van der Waals surface area contributed by atoms with Crippen LogP contribution in [0, 0.1) is 0 Å². The van der Waals surface area contributed by atoms with Crippen molar-refractivity contribution >= 4 is 34.7 Å². The number of hydrogen-bond acceptors (Lipinski definition) is 7. The highest BCUT2D eigenvalue weighted by molar-refractivity contribution is 8.00. The second-order valence-corrected chi connectivity index (χ2v) is 6.65. The van der Waals surface area contributed by atoms with Gasteiger partial charge >= 0.3 is 5.97 Å². The van der Waals surface area contributed by atoms with Gasteiger partial charge in [0.25, 0.3) is 0 Å². The van der Waals surface area contributed by atoms with Crippen molar-refractivity contribution in [2.45, 2.75) is 23.6 Å². The molecule has 0 saturated heterocycles. The summed E-state index contributed by atoms with van der Waals surface area (Å²) >= 11 is 2.97. The number of fused-ring (bicyclic) bond motifs is 1. The number of carbonyl (C=O) groups is 1. The average molecular weight is 334 g/mol. The van der Waals surface area contributed by atoms with Gasteiger partial charge in [-0.25, -0.2) is 0 Å². The second-order valence-electron chi connectivity index (χ2n) is 4.48. The summed E-state index contributed by atoms with van der Waals surface area (Å²) in [6.07, 6.45) is 0.678. The molecule has 0 unspecified atom stereocenters. The molecule has 0 aromatic carbocycles. The molecular formula is C14H14N4O2S2. The van der Waals surface area contributed by atoms with Gasteiger partial charge < -0.3 is 4.74 Å². The predicted molar refractivity (Wildman–Crippen MR) is 86.0 cm³/mol. The van der Waals surface area contributed by atoms with E-state index >= 15 is 0 Å². The van der Waals surface area contributed by atoms with Crippen LogP contribution in [0.3, 0.4) is 0 Å². The maximum absolute atomic E-state index is 11.7. The van der Waals surface area contributed by atoms with E-state index in [9.17, 15) is 4.79 Å². The Balaban J connectivity index is 1.95. The van der Waals surface area contributed by atoms with Gasteiger partial charge in [-0.15, -0.1) is 21.5 Å². The van der Waals surface area contributed by atoms with Gasteiger partial charge in [-0.1, -0.05) is 24.8 Å². The fourth-order valence-electron chi connectivity index (χ4n) is 1.97. The van der Waals surface area contributed by atoms with E-state index in [-0.39, 0.29) is 11.2 Å². The van der Waals surface area contributed by atoms with Crippen LogP contribution < -0.4 is 0 Å². The summed E-state index contributed by atoms with van der Waals surface area (Å²) in [6.45, 7) is 1.95. The number of carbonyl (C=O) groups excluding carboxylic acids is 1. The molecule has 3 aromatic heterocycles. The standard InChI is InChI=1S/C14H14N4O2S2/c1-3-9(14(19)20-2)22-12-7-6-11-15-16-13(18(11)17-12)10-5-4-8-21-10/h4-9H,3H2,1-2H3/t9-/m0/s1. The third-order valence-corrected chi connectivity index (χ3v) is 5.21. The molecule has 114 valence electrons. The Morgan fingerprint density at radius 3 is 2.95 bits per heavy atom. The van der Waals surface area contributed by atoms with Gasteiger partial charge in [-0.3, -0.25) is 4.79 Å². The van der Waals surface area contributed by atoms with E-state index in [1.807, 2.05) is 36.6 Å². The average Bonchev–Trinajstić information content (AvgIpc) is 3.20. The SMILES string of the molecule is CC[C@H](Sc1ccc2nnc(-c3cccs3)n2n1)C(=O)OC. The lowest BCUT2D eigenvalue weighted by Gasteiger charge is -2.11. The lowest BCUT2D eigenvalue weighted by atomic mass is 10.3. The Morgan fingerprint density at radius 2 is 2.27 bits per heavy atom. The van der Waals surface area contributed by atoms with Crippen LogP contribution in [-0.4, -0.2) is 38.1 Å². The Bertz CT molecular complexity index is 785. The summed E-state index contributed by atoms with van der Waals surface area (Å²) in [5, 5.41) is 15.3. The Hall–Kier alpha value is -1.93. The van der Waals surface area contributed by atoms with Crippen molar-refractivity contribution in [1.29, 1.82) is 0 Å². The first-order chi connectivity index (χ1) is 10.7. The first-order valence-corrected chi connectivity index (χ1v) is 8.49. The summed E-state index contributed by atoms with van der Waals surface area (Å²) in [4.78, 5) is 12.7. The van der Waals surface area contributed by atoms with Crippen LogP contribution in [-0.2, 0) is 9.53 Å². The highest BCUT2D eigenvalue weighted by Gasteiger charge is 2.20. The van der Waals surface area contributed by atoms with E-state index < -0.39 is 0 Å². The molecule has 1 atom stereocenters. The minimum absolute atomic E-state index is 0.239. The largest absolute Gasteiger partial charge is 0.468 e. The molecule has 6 nitrogen and oxygen atoms in total. The van der Waals surface area contributed by atoms with Crippen LogP contribution >= 0.6 is 23.1 Å². The minimum atomic E-state index is -0.267. The van der Waals surface area contributed by atoms with E-state index in [4.69, 9.17) is 4.74 Å². The summed E-state index contributed by atoms with van der Waals surface area (Å²) < 4.78 is 6.52. The van der Waals surface area contributed by atoms with Crippen LogP contribution in [0.5, 0.6) is 0 Å². The third kappa shape index (κ3) is 2.84. The molecule has 0 fully saturated rings. The first-order valence-electron chi connectivity index (χ1n) is 6.73. The molecule has 0 aliphatic rings. The summed E-state index contributed by atoms with van der Waals surface area (Å²) in [5.41, 5.74) is 0.680. The number of thiophene rings is 1. The number of ether oxygens (including phenoxy) is 1. The zero-order valence-corrected chi connectivity index (χ0v) is 13.7. The van der Waals surface area contributed by atoms with Gasteiger partial charge in [0.2, 0.25) is 0 Å². The molecule has 22 heavy (non-hydrogen) atoms. The maximum atomic E-state index is 11.7. The number of hydrogen-bond donors (Lipinski definition) is 0. The Morgan fingerprint density at radius 1 is 1.41 bits per heavy atom. The normalized spacial score (nSPS) is 12.5. The van der Waals surface area contributed by atoms with Gasteiger partial charge in [0, 0.05) is 0 Å². The number of thioether (sulfide) groups is 1. The number of aromatic nitrogens is 4. The molecule has 3 rings (SSSR count). The smallest absolute Gasteiger partial charge is 0.319 e. The maximum Gasteiger partial charge on any atom is 0.319 e. The van der Waals surface area contributed by atoms with Crippen molar-refractivity contribution in [3.05, 3.63) is 29.6 Å². The van der Waals surface area contributed by atoms with Crippen molar-refractivity contribution in [3.8, 4) is 10.7 Å². The van der Waals surface area contributed by atoms with Crippen LogP contribution in [0.25, 0.3) is 16.3 Å². The fourth-order valence-corrected chi connectivity index (χ4v) is 3.59. The van der Waals surface area contributed by atoms with Gasteiger partial charge in [0.15, 0.2) is 11.5 Å². The number of rotatable bonds is 5. The molecule has 0 aliphatic carbocycles. The van der Waals surface area contributed by atoms with Gasteiger partial charge in [-0.05, 0) is 30.0 Å². The summed E-state index contributed by atoms with van der Waals surface area (Å²) in [5.74, 6) is 0.468.